The van der Waals surface area contributed by atoms with Gasteiger partial charge in [0.05, 0.1) is 11.9 Å². The Bertz CT molecular complexity index is 481. The van der Waals surface area contributed by atoms with E-state index in [1.807, 2.05) is 13.0 Å². The summed E-state index contributed by atoms with van der Waals surface area (Å²) in [5.74, 6) is 0.178. The van der Waals surface area contributed by atoms with E-state index in [9.17, 15) is 4.79 Å². The van der Waals surface area contributed by atoms with E-state index in [1.165, 1.54) is 0 Å². The number of aromatic nitrogens is 1. The minimum atomic E-state index is 0.0687. The number of aryl methyl sites for hydroxylation is 1. The van der Waals surface area contributed by atoms with Crippen LogP contribution in [0, 0.1) is 12.8 Å². The van der Waals surface area contributed by atoms with Gasteiger partial charge in [0.1, 0.15) is 0 Å². The number of carbonyl (C=O) groups is 1. The molecule has 6 heteroatoms. The number of anilines is 1. The van der Waals surface area contributed by atoms with E-state index in [4.69, 9.17) is 5.53 Å². The van der Waals surface area contributed by atoms with Crippen LogP contribution in [0.5, 0.6) is 0 Å². The molecule has 1 atom stereocenters. The highest BCUT2D eigenvalue weighted by atomic mass is 16.2. The van der Waals surface area contributed by atoms with E-state index in [0.29, 0.717) is 19.5 Å². The topological polar surface area (TPSA) is 82.0 Å². The summed E-state index contributed by atoms with van der Waals surface area (Å²) >= 11 is 0. The molecule has 1 saturated heterocycles. The first kappa shape index (κ1) is 11.4. The molecule has 88 valence electrons. The highest BCUT2D eigenvalue weighted by molar-refractivity contribution is 5.96. The van der Waals surface area contributed by atoms with E-state index in [0.717, 1.165) is 11.3 Å². The van der Waals surface area contributed by atoms with Crippen molar-refractivity contribution in [2.45, 2.75) is 13.3 Å². The maximum absolute atomic E-state index is 11.9. The fourth-order valence-corrected chi connectivity index (χ4v) is 2.03. The highest BCUT2D eigenvalue weighted by Crippen LogP contribution is 2.27. The lowest BCUT2D eigenvalue weighted by atomic mass is 10.1. The zero-order valence-corrected chi connectivity index (χ0v) is 9.58. The average molecular weight is 231 g/mol. The summed E-state index contributed by atoms with van der Waals surface area (Å²) in [5.41, 5.74) is 10.1. The van der Waals surface area contributed by atoms with Crippen LogP contribution in [0.3, 0.4) is 0 Å². The Hall–Kier alpha value is -2.07. The molecule has 17 heavy (non-hydrogen) atoms. The van der Waals surface area contributed by atoms with E-state index in [-0.39, 0.29) is 11.8 Å². The van der Waals surface area contributed by atoms with Gasteiger partial charge in [0.15, 0.2) is 0 Å². The lowest BCUT2D eigenvalue weighted by molar-refractivity contribution is -0.117. The van der Waals surface area contributed by atoms with Crippen LogP contribution in [0.4, 0.5) is 5.69 Å². The van der Waals surface area contributed by atoms with Gasteiger partial charge in [-0.2, -0.15) is 0 Å². The first-order chi connectivity index (χ1) is 8.22. The molecule has 2 rings (SSSR count). The van der Waals surface area contributed by atoms with Crippen molar-refractivity contribution in [3.63, 3.8) is 0 Å². The number of rotatable bonds is 3. The summed E-state index contributed by atoms with van der Waals surface area (Å²) in [5, 5.41) is 3.52. The number of azide groups is 1. The summed E-state index contributed by atoms with van der Waals surface area (Å²) in [6.07, 6.45) is 3.84. The molecule has 0 radical (unpaired) electrons. The maximum Gasteiger partial charge on any atom is 0.227 e. The minimum Gasteiger partial charge on any atom is -0.310 e. The molecule has 1 aromatic rings. The van der Waals surface area contributed by atoms with Crippen LogP contribution in [-0.2, 0) is 4.79 Å². The Kier molecular flexibility index (Phi) is 3.25. The van der Waals surface area contributed by atoms with E-state index < -0.39 is 0 Å². The van der Waals surface area contributed by atoms with E-state index in [2.05, 4.69) is 15.0 Å². The second-order valence-electron chi connectivity index (χ2n) is 4.15. The van der Waals surface area contributed by atoms with Crippen molar-refractivity contribution in [1.29, 1.82) is 0 Å². The fourth-order valence-electron chi connectivity index (χ4n) is 2.03. The van der Waals surface area contributed by atoms with Crippen LogP contribution in [0.2, 0.25) is 0 Å². The second kappa shape index (κ2) is 4.84. The van der Waals surface area contributed by atoms with Crippen molar-refractivity contribution in [2.24, 2.45) is 11.0 Å². The van der Waals surface area contributed by atoms with E-state index >= 15 is 0 Å². The SMILES string of the molecule is Cc1ccncc1N1CC(CN=[N+]=[N-])CC1=O. The number of hydrogen-bond acceptors (Lipinski definition) is 3. The van der Waals surface area contributed by atoms with Crippen molar-refractivity contribution in [3.05, 3.63) is 34.5 Å². The molecule has 0 bridgehead atoms. The van der Waals surface area contributed by atoms with Crippen molar-refractivity contribution in [2.75, 3.05) is 18.0 Å². The fraction of sp³-hybridized carbons (Fsp3) is 0.455. The molecule has 1 aliphatic rings. The highest BCUT2D eigenvalue weighted by Gasteiger charge is 2.30. The molecule has 6 nitrogen and oxygen atoms in total. The van der Waals surface area contributed by atoms with Gasteiger partial charge in [-0.05, 0) is 30.0 Å². The first-order valence-corrected chi connectivity index (χ1v) is 5.44. The third-order valence-corrected chi connectivity index (χ3v) is 2.91. The van der Waals surface area contributed by atoms with Gasteiger partial charge in [-0.15, -0.1) is 0 Å². The molecule has 1 aliphatic heterocycles. The quantitative estimate of drug-likeness (QED) is 0.453. The third kappa shape index (κ3) is 2.37. The number of nitrogens with zero attached hydrogens (tertiary/aromatic N) is 5. The van der Waals surface area contributed by atoms with Crippen LogP contribution < -0.4 is 4.90 Å². The lowest BCUT2D eigenvalue weighted by Crippen LogP contribution is -2.25. The summed E-state index contributed by atoms with van der Waals surface area (Å²) in [6, 6.07) is 1.88. The smallest absolute Gasteiger partial charge is 0.227 e. The number of amides is 1. The molecule has 0 aromatic carbocycles. The molecule has 0 aliphatic carbocycles. The summed E-state index contributed by atoms with van der Waals surface area (Å²) in [4.78, 5) is 20.3. The summed E-state index contributed by atoms with van der Waals surface area (Å²) < 4.78 is 0. The Morgan fingerprint density at radius 2 is 2.53 bits per heavy atom. The van der Waals surface area contributed by atoms with Crippen LogP contribution >= 0.6 is 0 Å². The van der Waals surface area contributed by atoms with Gasteiger partial charge < -0.3 is 4.90 Å². The second-order valence-corrected chi connectivity index (χ2v) is 4.15. The van der Waals surface area contributed by atoms with Gasteiger partial charge in [0.2, 0.25) is 5.91 Å². The van der Waals surface area contributed by atoms with Crippen LogP contribution in [-0.4, -0.2) is 24.0 Å². The molecular formula is C11H13N5O. The lowest BCUT2D eigenvalue weighted by Gasteiger charge is -2.18. The van der Waals surface area contributed by atoms with Crippen LogP contribution in [0.25, 0.3) is 10.4 Å². The maximum atomic E-state index is 11.9. The van der Waals surface area contributed by atoms with Crippen molar-refractivity contribution in [1.82, 2.24) is 4.98 Å². The van der Waals surface area contributed by atoms with Crippen molar-refractivity contribution in [3.8, 4) is 0 Å². The Balaban J connectivity index is 2.16. The number of pyridine rings is 1. The number of hydrogen-bond donors (Lipinski definition) is 0. The van der Waals surface area contributed by atoms with Gasteiger partial charge in [-0.3, -0.25) is 9.78 Å². The average Bonchev–Trinajstić information content (AvgIpc) is 2.68. The number of carbonyl (C=O) groups excluding carboxylic acids is 1. The van der Waals surface area contributed by atoms with Crippen LogP contribution in [0.15, 0.2) is 23.6 Å². The zero-order chi connectivity index (χ0) is 12.3. The molecule has 2 heterocycles. The third-order valence-electron chi connectivity index (χ3n) is 2.91. The van der Waals surface area contributed by atoms with Gasteiger partial charge in [-0.1, -0.05) is 5.11 Å². The summed E-state index contributed by atoms with van der Waals surface area (Å²) in [7, 11) is 0. The molecule has 0 spiro atoms. The van der Waals surface area contributed by atoms with Crippen molar-refractivity contribution >= 4 is 11.6 Å². The standard InChI is InChI=1S/C11H13N5O/c1-8-2-3-13-6-10(8)16-7-9(4-11(16)17)5-14-15-12/h2-3,6,9H,4-5,7H2,1H3. The Morgan fingerprint density at radius 1 is 1.71 bits per heavy atom. The molecular weight excluding hydrogens is 218 g/mol. The van der Waals surface area contributed by atoms with Crippen molar-refractivity contribution < 1.29 is 4.79 Å². The predicted octanol–water partition coefficient (Wildman–Crippen LogP) is 2.05. The minimum absolute atomic E-state index is 0.0687. The van der Waals surface area contributed by atoms with Gasteiger partial charge >= 0.3 is 0 Å². The first-order valence-electron chi connectivity index (χ1n) is 5.44. The zero-order valence-electron chi connectivity index (χ0n) is 9.58. The predicted molar refractivity (Wildman–Crippen MR) is 63.4 cm³/mol. The Morgan fingerprint density at radius 3 is 3.24 bits per heavy atom. The largest absolute Gasteiger partial charge is 0.310 e. The van der Waals surface area contributed by atoms with Gasteiger partial charge in [0.25, 0.3) is 0 Å². The molecule has 1 amide bonds. The van der Waals surface area contributed by atoms with Crippen LogP contribution in [0.1, 0.15) is 12.0 Å². The Labute approximate surface area is 98.9 Å². The molecule has 0 saturated carbocycles. The molecule has 1 fully saturated rings. The molecule has 1 unspecified atom stereocenters. The van der Waals surface area contributed by atoms with E-state index in [1.54, 1.807) is 17.3 Å². The van der Waals surface area contributed by atoms with Gasteiger partial charge in [0, 0.05) is 30.6 Å². The van der Waals surface area contributed by atoms with Gasteiger partial charge in [-0.25, -0.2) is 0 Å². The normalized spacial score (nSPS) is 19.2. The molecule has 1 aromatic heterocycles. The molecule has 0 N–H and O–H groups in total. The summed E-state index contributed by atoms with van der Waals surface area (Å²) in [6.45, 7) is 2.92. The monoisotopic (exact) mass is 231 g/mol.